The maximum Gasteiger partial charge on any atom is 0.293 e. The zero-order valence-corrected chi connectivity index (χ0v) is 15.6. The Bertz CT molecular complexity index is 533. The molecule has 4 rings (SSSR count). The molecular formula is C21H34O3. The Labute approximate surface area is 146 Å². The van der Waals surface area contributed by atoms with Crippen LogP contribution in [0.15, 0.2) is 0 Å². The van der Waals surface area contributed by atoms with Crippen LogP contribution >= 0.6 is 0 Å². The third-order valence-electron chi connectivity index (χ3n) is 9.19. The van der Waals surface area contributed by atoms with Gasteiger partial charge in [-0.2, -0.15) is 0 Å². The zero-order chi connectivity index (χ0) is 17.2. The number of fused-ring (bicyclic) bond motifs is 3. The summed E-state index contributed by atoms with van der Waals surface area (Å²) >= 11 is 0. The molecular weight excluding hydrogens is 300 g/mol. The van der Waals surface area contributed by atoms with Crippen molar-refractivity contribution in [2.75, 3.05) is 0 Å². The highest BCUT2D eigenvalue weighted by atomic mass is 16.5. The SMILES string of the molecule is CC[C@@]1(O)C[C@@]23CC[C@@H]4[C@](C)(CCC[C@]4(C)OC=O)[C@H]2CC[C@@H]1C3. The minimum absolute atomic E-state index is 0.262. The van der Waals surface area contributed by atoms with Crippen LogP contribution in [0.25, 0.3) is 0 Å². The Kier molecular flexibility index (Phi) is 3.67. The summed E-state index contributed by atoms with van der Waals surface area (Å²) in [6.07, 6.45) is 11.4. The quantitative estimate of drug-likeness (QED) is 0.775. The molecule has 3 heteroatoms. The first-order valence-electron chi connectivity index (χ1n) is 10.2. The maximum atomic E-state index is 11.2. The largest absolute Gasteiger partial charge is 0.461 e. The van der Waals surface area contributed by atoms with E-state index >= 15 is 0 Å². The number of hydrogen-bond acceptors (Lipinski definition) is 3. The van der Waals surface area contributed by atoms with Crippen molar-refractivity contribution >= 4 is 6.47 Å². The van der Waals surface area contributed by atoms with E-state index in [4.69, 9.17) is 4.74 Å². The minimum Gasteiger partial charge on any atom is -0.461 e. The summed E-state index contributed by atoms with van der Waals surface area (Å²) in [5.74, 6) is 1.68. The van der Waals surface area contributed by atoms with Gasteiger partial charge in [0, 0.05) is 5.92 Å². The molecule has 4 aliphatic carbocycles. The lowest BCUT2D eigenvalue weighted by atomic mass is 9.43. The van der Waals surface area contributed by atoms with Crippen LogP contribution in [0, 0.1) is 28.6 Å². The Morgan fingerprint density at radius 1 is 1.12 bits per heavy atom. The van der Waals surface area contributed by atoms with Crippen LogP contribution in [0.3, 0.4) is 0 Å². The van der Waals surface area contributed by atoms with Gasteiger partial charge < -0.3 is 9.84 Å². The topological polar surface area (TPSA) is 46.5 Å². The second-order valence-electron chi connectivity index (χ2n) is 10.0. The van der Waals surface area contributed by atoms with Crippen LogP contribution in [-0.4, -0.2) is 22.8 Å². The van der Waals surface area contributed by atoms with Crippen LogP contribution in [0.1, 0.15) is 85.0 Å². The van der Waals surface area contributed by atoms with Gasteiger partial charge in [0.1, 0.15) is 5.60 Å². The number of carbonyl (C=O) groups is 1. The fourth-order valence-electron chi connectivity index (χ4n) is 8.23. The molecule has 4 saturated carbocycles. The summed E-state index contributed by atoms with van der Waals surface area (Å²) in [5.41, 5.74) is -0.0985. The van der Waals surface area contributed by atoms with E-state index in [0.717, 1.165) is 32.1 Å². The van der Waals surface area contributed by atoms with Crippen molar-refractivity contribution in [2.24, 2.45) is 28.6 Å². The van der Waals surface area contributed by atoms with Gasteiger partial charge in [-0.1, -0.05) is 13.8 Å². The third-order valence-corrected chi connectivity index (χ3v) is 9.19. The van der Waals surface area contributed by atoms with Gasteiger partial charge in [-0.15, -0.1) is 0 Å². The normalized spacial score (nSPS) is 56.2. The van der Waals surface area contributed by atoms with Crippen LogP contribution in [0.2, 0.25) is 0 Å². The molecule has 0 aromatic heterocycles. The van der Waals surface area contributed by atoms with E-state index < -0.39 is 5.60 Å². The standard InChI is InChI=1S/C21H34O3/c1-4-21(23)13-20-11-8-16-18(2,17(20)7-6-15(21)12-20)9-5-10-19(16,3)24-14-22/h14-17,23H,4-13H2,1-3H3/t15-,16-,17-,18+,19+,20+,21-/m1/s1. The summed E-state index contributed by atoms with van der Waals surface area (Å²) in [4.78, 5) is 11.1. The zero-order valence-electron chi connectivity index (χ0n) is 15.6. The van der Waals surface area contributed by atoms with Crippen LogP contribution < -0.4 is 0 Å². The first kappa shape index (κ1) is 16.9. The highest BCUT2D eigenvalue weighted by Crippen LogP contribution is 2.72. The molecule has 0 aliphatic heterocycles. The highest BCUT2D eigenvalue weighted by Gasteiger charge is 2.67. The average Bonchev–Trinajstić information content (AvgIpc) is 2.74. The Morgan fingerprint density at radius 2 is 1.92 bits per heavy atom. The number of carbonyl (C=O) groups excluding carboxylic acids is 1. The van der Waals surface area contributed by atoms with Crippen molar-refractivity contribution in [3.63, 3.8) is 0 Å². The fourth-order valence-corrected chi connectivity index (χ4v) is 8.23. The van der Waals surface area contributed by atoms with Crippen LogP contribution in [0.5, 0.6) is 0 Å². The molecule has 0 unspecified atom stereocenters. The predicted octanol–water partition coefficient (Wildman–Crippen LogP) is 4.47. The molecule has 0 radical (unpaired) electrons. The fraction of sp³-hybridized carbons (Fsp3) is 0.952. The Balaban J connectivity index is 1.70. The molecule has 4 fully saturated rings. The van der Waals surface area contributed by atoms with Gasteiger partial charge in [0.25, 0.3) is 6.47 Å². The van der Waals surface area contributed by atoms with Gasteiger partial charge in [-0.25, -0.2) is 0 Å². The monoisotopic (exact) mass is 334 g/mol. The van der Waals surface area contributed by atoms with E-state index in [9.17, 15) is 9.90 Å². The molecule has 3 nitrogen and oxygen atoms in total. The maximum absolute atomic E-state index is 11.2. The molecule has 0 amide bonds. The van der Waals surface area contributed by atoms with E-state index in [1.807, 2.05) is 0 Å². The average molecular weight is 335 g/mol. The first-order valence-corrected chi connectivity index (χ1v) is 10.2. The lowest BCUT2D eigenvalue weighted by Gasteiger charge is -2.63. The van der Waals surface area contributed by atoms with E-state index in [1.54, 1.807) is 0 Å². The van der Waals surface area contributed by atoms with Gasteiger partial charge in [-0.3, -0.25) is 4.79 Å². The molecule has 136 valence electrons. The number of rotatable bonds is 3. The minimum atomic E-state index is -0.421. The second kappa shape index (κ2) is 5.22. The molecule has 24 heavy (non-hydrogen) atoms. The summed E-state index contributed by atoms with van der Waals surface area (Å²) in [7, 11) is 0. The van der Waals surface area contributed by atoms with Gasteiger partial charge in [0.15, 0.2) is 0 Å². The van der Waals surface area contributed by atoms with Crippen molar-refractivity contribution in [1.82, 2.24) is 0 Å². The number of aliphatic hydroxyl groups is 1. The van der Waals surface area contributed by atoms with Crippen molar-refractivity contribution in [2.45, 2.75) is 96.2 Å². The van der Waals surface area contributed by atoms with Crippen LogP contribution in [0.4, 0.5) is 0 Å². The third kappa shape index (κ3) is 2.03. The van der Waals surface area contributed by atoms with Gasteiger partial charge >= 0.3 is 0 Å². The lowest BCUT2D eigenvalue weighted by Crippen LogP contribution is -2.59. The smallest absolute Gasteiger partial charge is 0.293 e. The molecule has 7 atom stereocenters. The lowest BCUT2D eigenvalue weighted by molar-refractivity contribution is -0.197. The molecule has 0 aromatic carbocycles. The summed E-state index contributed by atoms with van der Waals surface area (Å²) in [6, 6.07) is 0. The summed E-state index contributed by atoms with van der Waals surface area (Å²) in [5, 5.41) is 11.2. The van der Waals surface area contributed by atoms with Gasteiger partial charge in [0.2, 0.25) is 0 Å². The highest BCUT2D eigenvalue weighted by molar-refractivity contribution is 5.39. The predicted molar refractivity (Wildman–Crippen MR) is 93.4 cm³/mol. The number of ether oxygens (including phenoxy) is 1. The molecule has 1 N–H and O–H groups in total. The molecule has 4 aliphatic rings. The molecule has 0 aromatic rings. The Hall–Kier alpha value is -0.570. The second-order valence-corrected chi connectivity index (χ2v) is 10.0. The molecule has 0 saturated heterocycles. The number of hydrogen-bond donors (Lipinski definition) is 1. The van der Waals surface area contributed by atoms with Crippen molar-refractivity contribution in [1.29, 1.82) is 0 Å². The van der Waals surface area contributed by atoms with Crippen molar-refractivity contribution in [3.05, 3.63) is 0 Å². The van der Waals surface area contributed by atoms with E-state index in [1.165, 1.54) is 32.1 Å². The van der Waals surface area contributed by atoms with Gasteiger partial charge in [-0.05, 0) is 93.8 Å². The summed E-state index contributed by atoms with van der Waals surface area (Å²) in [6.45, 7) is 7.50. The van der Waals surface area contributed by atoms with Gasteiger partial charge in [0.05, 0.1) is 5.60 Å². The molecule has 0 heterocycles. The first-order chi connectivity index (χ1) is 11.3. The van der Waals surface area contributed by atoms with Crippen LogP contribution in [-0.2, 0) is 9.53 Å². The van der Waals surface area contributed by atoms with Crippen molar-refractivity contribution in [3.8, 4) is 0 Å². The van der Waals surface area contributed by atoms with Crippen molar-refractivity contribution < 1.29 is 14.6 Å². The van der Waals surface area contributed by atoms with E-state index in [2.05, 4.69) is 20.8 Å². The molecule has 1 spiro atoms. The van der Waals surface area contributed by atoms with E-state index in [-0.39, 0.29) is 11.0 Å². The molecule has 2 bridgehead atoms. The summed E-state index contributed by atoms with van der Waals surface area (Å²) < 4.78 is 5.69. The van der Waals surface area contributed by atoms with E-state index in [0.29, 0.717) is 29.6 Å². The Morgan fingerprint density at radius 3 is 2.62 bits per heavy atom.